The first-order valence-corrected chi connectivity index (χ1v) is 28.1. The van der Waals surface area contributed by atoms with Crippen LogP contribution in [-0.4, -0.2) is 9.13 Å². The molecule has 0 bridgehead atoms. The predicted molar refractivity (Wildman–Crippen MR) is 346 cm³/mol. The summed E-state index contributed by atoms with van der Waals surface area (Å²) < 4.78 is 4.74. The van der Waals surface area contributed by atoms with Crippen LogP contribution in [-0.2, 0) is 0 Å². The fraction of sp³-hybridized carbons (Fsp3) is 0. The van der Waals surface area contributed by atoms with Gasteiger partial charge in [0.05, 0.1) is 22.1 Å². The highest BCUT2D eigenvalue weighted by atomic mass is 15.2. The van der Waals surface area contributed by atoms with Gasteiger partial charge in [0.15, 0.2) is 0 Å². The molecule has 0 aliphatic heterocycles. The van der Waals surface area contributed by atoms with Crippen molar-refractivity contribution >= 4 is 77.7 Å². The highest BCUT2D eigenvalue weighted by molar-refractivity contribution is 6.11. The summed E-state index contributed by atoms with van der Waals surface area (Å²) >= 11 is 0. The summed E-state index contributed by atoms with van der Waals surface area (Å²) in [5.41, 5.74) is 22.9. The Kier molecular flexibility index (Phi) is 12.2. The van der Waals surface area contributed by atoms with E-state index in [1.54, 1.807) is 0 Å². The Hall–Kier alpha value is -10.9. The molecule has 2 heterocycles. The van der Waals surface area contributed by atoms with E-state index in [0.29, 0.717) is 0 Å². The molecule has 2 aromatic heterocycles. The molecule has 0 aliphatic carbocycles. The number of para-hydroxylation sites is 4. The maximum atomic E-state index is 2.37. The quantitative estimate of drug-likeness (QED) is 0.121. The van der Waals surface area contributed by atoms with Crippen LogP contribution in [0, 0.1) is 0 Å². The zero-order valence-corrected chi connectivity index (χ0v) is 45.0. The highest BCUT2D eigenvalue weighted by Gasteiger charge is 2.20. The predicted octanol–water partition coefficient (Wildman–Crippen LogP) is 21.5. The van der Waals surface area contributed by atoms with E-state index in [-0.39, 0.29) is 0 Å². The fourth-order valence-electron chi connectivity index (χ4n) is 12.1. The molecule has 0 radical (unpaired) electrons. The molecule has 15 aromatic rings. The first kappa shape index (κ1) is 48.2. The van der Waals surface area contributed by atoms with Crippen LogP contribution < -0.4 is 9.80 Å². The van der Waals surface area contributed by atoms with Gasteiger partial charge in [-0.15, -0.1) is 0 Å². The minimum atomic E-state index is 1.05. The van der Waals surface area contributed by atoms with E-state index >= 15 is 0 Å². The van der Waals surface area contributed by atoms with Gasteiger partial charge in [-0.3, -0.25) is 0 Å². The van der Waals surface area contributed by atoms with Crippen LogP contribution in [0.25, 0.3) is 99.5 Å². The number of hydrogen-bond donors (Lipinski definition) is 0. The van der Waals surface area contributed by atoms with Crippen LogP contribution >= 0.6 is 0 Å². The zero-order valence-electron chi connectivity index (χ0n) is 45.0. The van der Waals surface area contributed by atoms with E-state index in [4.69, 9.17) is 0 Å². The fourth-order valence-corrected chi connectivity index (χ4v) is 12.1. The molecule has 0 spiro atoms. The molecule has 82 heavy (non-hydrogen) atoms. The van der Waals surface area contributed by atoms with Crippen molar-refractivity contribution in [1.82, 2.24) is 9.13 Å². The summed E-state index contributed by atoms with van der Waals surface area (Å²) in [6.07, 6.45) is 0. The molecular formula is C78H54N4. The summed E-state index contributed by atoms with van der Waals surface area (Å²) in [6, 6.07) is 119. The van der Waals surface area contributed by atoms with E-state index in [1.807, 2.05) is 0 Å². The summed E-state index contributed by atoms with van der Waals surface area (Å²) in [7, 11) is 0. The SMILES string of the molecule is c1ccc(-c2ccc(N(c3ccc(-c4ccc5c(c4)c4ccccc4n5-c4ccccc4)cc3)c3ccc(N(c4ccc(-c5ccccc5)cc4)c4ccc(-c5ccc6c(c5)c5ccccc5n6-c5ccccc5)cc4)cc3)cc2)cc1. The van der Waals surface area contributed by atoms with Crippen molar-refractivity contribution in [2.75, 3.05) is 9.80 Å². The van der Waals surface area contributed by atoms with E-state index < -0.39 is 0 Å². The number of rotatable bonds is 12. The van der Waals surface area contributed by atoms with Gasteiger partial charge in [0.1, 0.15) is 0 Å². The molecule has 4 nitrogen and oxygen atoms in total. The van der Waals surface area contributed by atoms with Gasteiger partial charge in [-0.1, -0.05) is 194 Å². The normalized spacial score (nSPS) is 11.4. The van der Waals surface area contributed by atoms with Gasteiger partial charge in [-0.25, -0.2) is 0 Å². The molecule has 386 valence electrons. The van der Waals surface area contributed by atoms with E-state index in [1.165, 1.54) is 77.0 Å². The number of fused-ring (bicyclic) bond motifs is 6. The van der Waals surface area contributed by atoms with E-state index in [2.05, 4.69) is 347 Å². The minimum absolute atomic E-state index is 1.05. The Bertz CT molecular complexity index is 4420. The van der Waals surface area contributed by atoms with Gasteiger partial charge >= 0.3 is 0 Å². The summed E-state index contributed by atoms with van der Waals surface area (Å²) in [5.74, 6) is 0. The van der Waals surface area contributed by atoms with Crippen molar-refractivity contribution < 1.29 is 0 Å². The smallest absolute Gasteiger partial charge is 0.0541 e. The third-order valence-electron chi connectivity index (χ3n) is 16.1. The molecule has 0 amide bonds. The molecule has 0 unspecified atom stereocenters. The average Bonchev–Trinajstić information content (AvgIpc) is 4.24. The van der Waals surface area contributed by atoms with Crippen molar-refractivity contribution in [2.45, 2.75) is 0 Å². The van der Waals surface area contributed by atoms with Crippen molar-refractivity contribution in [3.05, 3.63) is 328 Å². The maximum absolute atomic E-state index is 2.37. The topological polar surface area (TPSA) is 16.3 Å². The minimum Gasteiger partial charge on any atom is -0.311 e. The standard InChI is InChI=1S/C78H54N4/c1-5-17-55(18-6-1)57-29-39-65(40-30-57)79(67-43-33-59(34-44-67)61-37-51-77-73(53-61)71-25-13-15-27-75(71)81(77)63-21-9-3-10-22-63)69-47-49-70(50-48-69)80(66-41-31-58(32-42-66)56-19-7-2-8-20-56)68-45-35-60(36-46-68)62-38-52-78-74(54-62)72-26-14-16-28-76(72)82(78)64-23-11-4-12-24-64/h1-54H. The lowest BCUT2D eigenvalue weighted by Gasteiger charge is -2.29. The van der Waals surface area contributed by atoms with Crippen LogP contribution in [0.2, 0.25) is 0 Å². The van der Waals surface area contributed by atoms with Gasteiger partial charge < -0.3 is 18.9 Å². The summed E-state index contributed by atoms with van der Waals surface area (Å²) in [6.45, 7) is 0. The molecule has 0 atom stereocenters. The number of aromatic nitrogens is 2. The zero-order chi connectivity index (χ0) is 54.3. The molecule has 0 fully saturated rings. The van der Waals surface area contributed by atoms with Crippen LogP contribution in [0.1, 0.15) is 0 Å². The first-order valence-electron chi connectivity index (χ1n) is 28.1. The third kappa shape index (κ3) is 8.76. The van der Waals surface area contributed by atoms with Gasteiger partial charge in [-0.05, 0) is 178 Å². The molecular weight excluding hydrogens is 993 g/mol. The maximum Gasteiger partial charge on any atom is 0.0541 e. The van der Waals surface area contributed by atoms with E-state index in [0.717, 1.165) is 56.6 Å². The van der Waals surface area contributed by atoms with Gasteiger partial charge in [0.2, 0.25) is 0 Å². The molecule has 4 heteroatoms. The Morgan fingerprint density at radius 3 is 0.732 bits per heavy atom. The second-order valence-electron chi connectivity index (χ2n) is 20.9. The monoisotopic (exact) mass is 1050 g/mol. The number of anilines is 6. The Balaban J connectivity index is 0.795. The van der Waals surface area contributed by atoms with Crippen LogP contribution in [0.5, 0.6) is 0 Å². The second kappa shape index (κ2) is 20.7. The number of nitrogens with zero attached hydrogens (tertiary/aromatic N) is 4. The van der Waals surface area contributed by atoms with E-state index in [9.17, 15) is 0 Å². The lowest BCUT2D eigenvalue weighted by Crippen LogP contribution is -2.12. The van der Waals surface area contributed by atoms with Crippen molar-refractivity contribution in [2.24, 2.45) is 0 Å². The molecule has 13 aromatic carbocycles. The lowest BCUT2D eigenvalue weighted by molar-refractivity contribution is 1.18. The highest BCUT2D eigenvalue weighted by Crippen LogP contribution is 2.43. The van der Waals surface area contributed by atoms with Crippen molar-refractivity contribution in [3.8, 4) is 55.9 Å². The van der Waals surface area contributed by atoms with Gasteiger partial charge in [-0.2, -0.15) is 0 Å². The van der Waals surface area contributed by atoms with Crippen LogP contribution in [0.15, 0.2) is 328 Å². The molecule has 0 saturated carbocycles. The second-order valence-corrected chi connectivity index (χ2v) is 20.9. The third-order valence-corrected chi connectivity index (χ3v) is 16.1. The average molecular weight is 1050 g/mol. The van der Waals surface area contributed by atoms with Crippen molar-refractivity contribution in [1.29, 1.82) is 0 Å². The van der Waals surface area contributed by atoms with Crippen molar-refractivity contribution in [3.63, 3.8) is 0 Å². The summed E-state index contributed by atoms with van der Waals surface area (Å²) in [4.78, 5) is 4.72. The molecule has 0 aliphatic rings. The first-order chi connectivity index (χ1) is 40.7. The Labute approximate surface area is 477 Å². The molecule has 0 saturated heterocycles. The van der Waals surface area contributed by atoms with Crippen LogP contribution in [0.4, 0.5) is 34.1 Å². The van der Waals surface area contributed by atoms with Crippen LogP contribution in [0.3, 0.4) is 0 Å². The van der Waals surface area contributed by atoms with Gasteiger partial charge in [0, 0.05) is 67.0 Å². The van der Waals surface area contributed by atoms with Gasteiger partial charge in [0.25, 0.3) is 0 Å². The Morgan fingerprint density at radius 1 is 0.171 bits per heavy atom. The Morgan fingerprint density at radius 2 is 0.402 bits per heavy atom. The largest absolute Gasteiger partial charge is 0.311 e. The summed E-state index contributed by atoms with van der Waals surface area (Å²) in [5, 5.41) is 4.96. The lowest BCUT2D eigenvalue weighted by atomic mass is 10.0. The number of hydrogen-bond acceptors (Lipinski definition) is 2. The molecule has 15 rings (SSSR count). The number of benzene rings is 13. The molecule has 0 N–H and O–H groups in total.